The fourth-order valence-corrected chi connectivity index (χ4v) is 2.89. The quantitative estimate of drug-likeness (QED) is 0.675. The second-order valence-corrected chi connectivity index (χ2v) is 6.94. The van der Waals surface area contributed by atoms with Crippen molar-refractivity contribution < 1.29 is 8.42 Å². The Morgan fingerprint density at radius 1 is 1.17 bits per heavy atom. The van der Waals surface area contributed by atoms with Crippen molar-refractivity contribution in [2.45, 2.75) is 25.3 Å². The largest absolute Gasteiger partial charge is 0.365 e. The first kappa shape index (κ1) is 15.4. The van der Waals surface area contributed by atoms with Crippen molar-refractivity contribution in [3.05, 3.63) is 47.4 Å². The highest BCUT2D eigenvalue weighted by Crippen LogP contribution is 2.21. The number of primary sulfonamides is 1. The van der Waals surface area contributed by atoms with Crippen molar-refractivity contribution in [2.75, 3.05) is 5.32 Å². The average Bonchev–Trinajstić information content (AvgIpc) is 2.84. The predicted molar refractivity (Wildman–Crippen MR) is 88.5 cm³/mol. The lowest BCUT2D eigenvalue weighted by atomic mass is 10.2. The highest BCUT2D eigenvalue weighted by molar-refractivity contribution is 7.89. The van der Waals surface area contributed by atoms with E-state index in [1.54, 1.807) is 12.1 Å². The van der Waals surface area contributed by atoms with E-state index in [0.29, 0.717) is 12.4 Å². The van der Waals surface area contributed by atoms with E-state index in [4.69, 9.17) is 5.14 Å². The van der Waals surface area contributed by atoms with Gasteiger partial charge in [-0.05, 0) is 37.6 Å². The van der Waals surface area contributed by atoms with E-state index >= 15 is 0 Å². The van der Waals surface area contributed by atoms with Gasteiger partial charge in [0.2, 0.25) is 10.0 Å². The number of hydrogen-bond donors (Lipinski definition) is 3. The number of anilines is 1. The third kappa shape index (κ3) is 3.33. The molecule has 4 N–H and O–H groups in total. The first-order chi connectivity index (χ1) is 10.8. The Hall–Kier alpha value is -2.45. The minimum atomic E-state index is -3.66. The Balaban J connectivity index is 1.83. The minimum absolute atomic E-state index is 0.0998. The van der Waals surface area contributed by atoms with Gasteiger partial charge in [-0.25, -0.2) is 23.5 Å². The van der Waals surface area contributed by atoms with Crippen LogP contribution in [-0.4, -0.2) is 23.4 Å². The van der Waals surface area contributed by atoms with E-state index in [0.717, 1.165) is 28.1 Å². The van der Waals surface area contributed by atoms with Gasteiger partial charge in [0, 0.05) is 12.2 Å². The van der Waals surface area contributed by atoms with Crippen molar-refractivity contribution in [3.63, 3.8) is 0 Å². The van der Waals surface area contributed by atoms with Gasteiger partial charge in [-0.2, -0.15) is 0 Å². The molecule has 0 unspecified atom stereocenters. The molecule has 120 valence electrons. The molecule has 0 aliphatic heterocycles. The summed E-state index contributed by atoms with van der Waals surface area (Å²) in [6.07, 6.45) is 0. The van der Waals surface area contributed by atoms with Gasteiger partial charge in [-0.1, -0.05) is 12.1 Å². The first-order valence-corrected chi connectivity index (χ1v) is 8.57. The molecular weight excluding hydrogens is 314 g/mol. The molecule has 1 aromatic carbocycles. The van der Waals surface area contributed by atoms with Gasteiger partial charge >= 0.3 is 0 Å². The van der Waals surface area contributed by atoms with Crippen LogP contribution in [0.5, 0.6) is 0 Å². The number of rotatable bonds is 4. The maximum atomic E-state index is 11.3. The molecule has 0 saturated heterocycles. The molecule has 2 heterocycles. The molecule has 0 atom stereocenters. The van der Waals surface area contributed by atoms with Crippen LogP contribution >= 0.6 is 0 Å². The Bertz CT molecular complexity index is 961. The summed E-state index contributed by atoms with van der Waals surface area (Å²) < 4.78 is 22.5. The smallest absolute Gasteiger partial charge is 0.238 e. The fraction of sp³-hybridized carbons (Fsp3) is 0.200. The van der Waals surface area contributed by atoms with Gasteiger partial charge in [-0.15, -0.1) is 0 Å². The summed E-state index contributed by atoms with van der Waals surface area (Å²) in [5, 5.41) is 9.28. The van der Waals surface area contributed by atoms with Crippen molar-refractivity contribution >= 4 is 26.9 Å². The van der Waals surface area contributed by atoms with Gasteiger partial charge in [-0.3, -0.25) is 0 Å². The van der Waals surface area contributed by atoms with Gasteiger partial charge in [0.1, 0.15) is 17.3 Å². The second-order valence-electron chi connectivity index (χ2n) is 5.38. The van der Waals surface area contributed by atoms with Crippen molar-refractivity contribution in [3.8, 4) is 0 Å². The Kier molecular flexibility index (Phi) is 3.78. The molecule has 3 rings (SSSR count). The van der Waals surface area contributed by atoms with E-state index in [-0.39, 0.29) is 4.90 Å². The molecule has 3 aromatic rings. The SMILES string of the molecule is Cc1nc(NCc2ccc(S(N)(=O)=O)cc2)c2cc(C)[nH]c2n1. The molecule has 8 heteroatoms. The molecule has 23 heavy (non-hydrogen) atoms. The summed E-state index contributed by atoms with van der Waals surface area (Å²) in [4.78, 5) is 12.1. The standard InChI is InChI=1S/C15H17N5O2S/c1-9-7-13-14(19-10(2)20-15(13)18-9)17-8-11-3-5-12(6-4-11)23(16,21)22/h3-7H,8H2,1-2H3,(H2,16,21,22)(H2,17,18,19,20). The summed E-state index contributed by atoms with van der Waals surface area (Å²) in [5.41, 5.74) is 2.73. The topological polar surface area (TPSA) is 114 Å². The van der Waals surface area contributed by atoms with Crippen LogP contribution in [0.4, 0.5) is 5.82 Å². The van der Waals surface area contributed by atoms with Crippen LogP contribution in [0.3, 0.4) is 0 Å². The number of nitrogens with two attached hydrogens (primary N) is 1. The van der Waals surface area contributed by atoms with Gasteiger partial charge in [0.25, 0.3) is 0 Å². The molecule has 7 nitrogen and oxygen atoms in total. The van der Waals surface area contributed by atoms with E-state index in [2.05, 4.69) is 20.3 Å². The Morgan fingerprint density at radius 3 is 2.52 bits per heavy atom. The van der Waals surface area contributed by atoms with Crippen LogP contribution in [-0.2, 0) is 16.6 Å². The summed E-state index contributed by atoms with van der Waals surface area (Å²) >= 11 is 0. The Morgan fingerprint density at radius 2 is 1.87 bits per heavy atom. The molecule has 0 spiro atoms. The molecule has 0 radical (unpaired) electrons. The van der Waals surface area contributed by atoms with Crippen LogP contribution < -0.4 is 10.5 Å². The second kappa shape index (κ2) is 5.64. The average molecular weight is 331 g/mol. The molecule has 0 bridgehead atoms. The number of aryl methyl sites for hydroxylation is 2. The summed E-state index contributed by atoms with van der Waals surface area (Å²) in [6.45, 7) is 4.31. The number of aromatic nitrogens is 3. The van der Waals surface area contributed by atoms with Gasteiger partial charge < -0.3 is 10.3 Å². The van der Waals surface area contributed by atoms with Crippen molar-refractivity contribution in [1.82, 2.24) is 15.0 Å². The summed E-state index contributed by atoms with van der Waals surface area (Å²) in [6, 6.07) is 8.42. The molecule has 0 aliphatic carbocycles. The van der Waals surface area contributed by atoms with Crippen LogP contribution in [0.2, 0.25) is 0 Å². The van der Waals surface area contributed by atoms with Crippen LogP contribution in [0.1, 0.15) is 17.1 Å². The third-order valence-electron chi connectivity index (χ3n) is 3.45. The fourth-order valence-electron chi connectivity index (χ4n) is 2.37. The lowest BCUT2D eigenvalue weighted by molar-refractivity contribution is 0.598. The molecule has 0 fully saturated rings. The molecule has 2 aromatic heterocycles. The Labute approximate surface area is 134 Å². The lowest BCUT2D eigenvalue weighted by Gasteiger charge is -2.08. The number of hydrogen-bond acceptors (Lipinski definition) is 5. The number of H-pyrrole nitrogens is 1. The van der Waals surface area contributed by atoms with Crippen LogP contribution in [0.25, 0.3) is 11.0 Å². The number of benzene rings is 1. The first-order valence-electron chi connectivity index (χ1n) is 7.02. The van der Waals surface area contributed by atoms with Gasteiger partial charge in [0.05, 0.1) is 10.3 Å². The maximum Gasteiger partial charge on any atom is 0.238 e. The number of sulfonamides is 1. The predicted octanol–water partition coefficient (Wildman–Crippen LogP) is 1.83. The van der Waals surface area contributed by atoms with E-state index in [9.17, 15) is 8.42 Å². The zero-order valence-electron chi connectivity index (χ0n) is 12.8. The number of fused-ring (bicyclic) bond motifs is 1. The van der Waals surface area contributed by atoms with Crippen LogP contribution in [0, 0.1) is 13.8 Å². The normalized spacial score (nSPS) is 11.8. The lowest BCUT2D eigenvalue weighted by Crippen LogP contribution is -2.12. The highest BCUT2D eigenvalue weighted by atomic mass is 32.2. The van der Waals surface area contributed by atoms with Gasteiger partial charge in [0.15, 0.2) is 0 Å². The monoisotopic (exact) mass is 331 g/mol. The maximum absolute atomic E-state index is 11.3. The molecule has 0 amide bonds. The van der Waals surface area contributed by atoms with E-state index in [1.165, 1.54) is 12.1 Å². The van der Waals surface area contributed by atoms with Crippen molar-refractivity contribution in [2.24, 2.45) is 5.14 Å². The minimum Gasteiger partial charge on any atom is -0.365 e. The van der Waals surface area contributed by atoms with Crippen molar-refractivity contribution in [1.29, 1.82) is 0 Å². The summed E-state index contributed by atoms with van der Waals surface area (Å²) in [5.74, 6) is 1.42. The molecule has 0 aliphatic rings. The van der Waals surface area contributed by atoms with Crippen LogP contribution in [0.15, 0.2) is 35.2 Å². The highest BCUT2D eigenvalue weighted by Gasteiger charge is 2.09. The number of aromatic amines is 1. The number of nitrogens with one attached hydrogen (secondary N) is 2. The zero-order valence-corrected chi connectivity index (χ0v) is 13.6. The van der Waals surface area contributed by atoms with E-state index < -0.39 is 10.0 Å². The molecular formula is C15H17N5O2S. The third-order valence-corrected chi connectivity index (χ3v) is 4.37. The van der Waals surface area contributed by atoms with E-state index in [1.807, 2.05) is 19.9 Å². The zero-order chi connectivity index (χ0) is 16.6. The number of nitrogens with zero attached hydrogens (tertiary/aromatic N) is 2. The molecule has 0 saturated carbocycles. The summed E-state index contributed by atoms with van der Waals surface area (Å²) in [7, 11) is -3.66.